The fourth-order valence-electron chi connectivity index (χ4n) is 0.846. The molecule has 0 aliphatic heterocycles. The second kappa shape index (κ2) is 3.40. The fraction of sp³-hybridized carbons (Fsp3) is 0.125. The van der Waals surface area contributed by atoms with Crippen LogP contribution in [0.3, 0.4) is 0 Å². The molecule has 2 nitrogen and oxygen atoms in total. The number of halogens is 2. The molecule has 3 N–H and O–H groups in total. The molecule has 4 heteroatoms. The minimum Gasteiger partial charge on any atom is -0.351 e. The van der Waals surface area contributed by atoms with Gasteiger partial charge in [0.25, 0.3) is 0 Å². The van der Waals surface area contributed by atoms with Crippen LogP contribution in [0.15, 0.2) is 18.2 Å². The van der Waals surface area contributed by atoms with Crippen LogP contribution in [-0.2, 0) is 0 Å². The molecule has 0 radical (unpaired) electrons. The molecule has 0 atom stereocenters. The summed E-state index contributed by atoms with van der Waals surface area (Å²) in [5.74, 6) is -1.81. The van der Waals surface area contributed by atoms with Crippen LogP contribution in [0.2, 0.25) is 0 Å². The highest BCUT2D eigenvalue weighted by atomic mass is 19.1. The largest absolute Gasteiger partial charge is 0.351 e. The van der Waals surface area contributed by atoms with Gasteiger partial charge in [0.2, 0.25) is 5.78 Å². The molecule has 0 saturated heterocycles. The van der Waals surface area contributed by atoms with Crippen molar-refractivity contribution in [1.29, 1.82) is 0 Å². The number of carbonyl (C=O) groups is 1. The van der Waals surface area contributed by atoms with Crippen LogP contribution < -0.4 is 5.73 Å². The van der Waals surface area contributed by atoms with Crippen molar-refractivity contribution >= 4 is 5.78 Å². The zero-order chi connectivity index (χ0) is 9.14. The molecule has 0 fully saturated rings. The molecule has 1 rings (SSSR count). The standard InChI is InChI=1S/C8H7F2NO/c9-5-1-2-7(10)6(3-5)8(12)4-11/h1-3H,4,11H2/p+1. The van der Waals surface area contributed by atoms with Gasteiger partial charge >= 0.3 is 0 Å². The Balaban J connectivity index is 3.13. The SMILES string of the molecule is [NH3+]CC(=O)c1cc(F)ccc1F. The predicted octanol–water partition coefficient (Wildman–Crippen LogP) is 0.389. The molecule has 0 amide bonds. The first-order chi connectivity index (χ1) is 5.65. The van der Waals surface area contributed by atoms with Crippen LogP contribution in [-0.4, -0.2) is 12.3 Å². The molecular weight excluding hydrogens is 164 g/mol. The van der Waals surface area contributed by atoms with Crippen LogP contribution in [0.4, 0.5) is 8.78 Å². The van der Waals surface area contributed by atoms with Crippen LogP contribution in [0, 0.1) is 11.6 Å². The average Bonchev–Trinajstić information content (AvgIpc) is 2.08. The van der Waals surface area contributed by atoms with E-state index in [0.29, 0.717) is 0 Å². The Hall–Kier alpha value is -1.29. The normalized spacial score (nSPS) is 9.92. The summed E-state index contributed by atoms with van der Waals surface area (Å²) in [6.07, 6.45) is 0. The van der Waals surface area contributed by atoms with Gasteiger partial charge in [-0.25, -0.2) is 8.78 Å². The van der Waals surface area contributed by atoms with E-state index in [0.717, 1.165) is 18.2 Å². The van der Waals surface area contributed by atoms with Gasteiger partial charge in [-0.15, -0.1) is 0 Å². The number of Topliss-reactive ketones (excluding diaryl/α,β-unsaturated/α-hetero) is 1. The molecule has 0 spiro atoms. The Labute approximate surface area is 68.0 Å². The number of rotatable bonds is 2. The van der Waals surface area contributed by atoms with Crippen molar-refractivity contribution in [3.05, 3.63) is 35.4 Å². The lowest BCUT2D eigenvalue weighted by molar-refractivity contribution is -0.349. The minimum atomic E-state index is -0.704. The molecule has 0 saturated carbocycles. The summed E-state index contributed by atoms with van der Waals surface area (Å²) in [6, 6.07) is 2.77. The van der Waals surface area contributed by atoms with Gasteiger partial charge in [-0.3, -0.25) is 4.79 Å². The zero-order valence-corrected chi connectivity index (χ0v) is 6.31. The third-order valence-corrected chi connectivity index (χ3v) is 1.46. The van der Waals surface area contributed by atoms with E-state index in [9.17, 15) is 13.6 Å². The lowest BCUT2D eigenvalue weighted by Gasteiger charge is -1.97. The first-order valence-corrected chi connectivity index (χ1v) is 3.42. The van der Waals surface area contributed by atoms with Crippen molar-refractivity contribution in [3.8, 4) is 0 Å². The summed E-state index contributed by atoms with van der Waals surface area (Å²) in [5, 5.41) is 0. The highest BCUT2D eigenvalue weighted by Gasteiger charge is 2.11. The van der Waals surface area contributed by atoms with E-state index in [2.05, 4.69) is 5.73 Å². The van der Waals surface area contributed by atoms with Crippen molar-refractivity contribution in [2.24, 2.45) is 0 Å². The smallest absolute Gasteiger partial charge is 0.219 e. The fourth-order valence-corrected chi connectivity index (χ4v) is 0.846. The maximum Gasteiger partial charge on any atom is 0.219 e. The lowest BCUT2D eigenvalue weighted by Crippen LogP contribution is -2.54. The van der Waals surface area contributed by atoms with Gasteiger partial charge in [-0.2, -0.15) is 0 Å². The maximum atomic E-state index is 12.8. The summed E-state index contributed by atoms with van der Waals surface area (Å²) in [6.45, 7) is -0.0691. The first-order valence-electron chi connectivity index (χ1n) is 3.42. The Bertz CT molecular complexity index is 312. The number of carbonyl (C=O) groups excluding carboxylic acids is 1. The molecule has 0 heterocycles. The number of ketones is 1. The monoisotopic (exact) mass is 172 g/mol. The summed E-state index contributed by atoms with van der Waals surface area (Å²) >= 11 is 0. The van der Waals surface area contributed by atoms with E-state index in [-0.39, 0.29) is 12.1 Å². The van der Waals surface area contributed by atoms with Gasteiger partial charge < -0.3 is 5.73 Å². The molecule has 0 unspecified atom stereocenters. The van der Waals surface area contributed by atoms with E-state index in [1.54, 1.807) is 0 Å². The molecule has 64 valence electrons. The number of hydrogen-bond acceptors (Lipinski definition) is 1. The Morgan fingerprint density at radius 1 is 1.42 bits per heavy atom. The summed E-state index contributed by atoms with van der Waals surface area (Å²) < 4.78 is 25.3. The van der Waals surface area contributed by atoms with Crippen molar-refractivity contribution in [2.75, 3.05) is 6.54 Å². The van der Waals surface area contributed by atoms with E-state index in [1.807, 2.05) is 0 Å². The average molecular weight is 172 g/mol. The first kappa shape index (κ1) is 8.80. The van der Waals surface area contributed by atoms with Crippen LogP contribution >= 0.6 is 0 Å². The predicted molar refractivity (Wildman–Crippen MR) is 38.4 cm³/mol. The van der Waals surface area contributed by atoms with Gasteiger partial charge in [-0.1, -0.05) is 0 Å². The van der Waals surface area contributed by atoms with Crippen molar-refractivity contribution in [3.63, 3.8) is 0 Å². The van der Waals surface area contributed by atoms with E-state index in [1.165, 1.54) is 0 Å². The van der Waals surface area contributed by atoms with Crippen LogP contribution in [0.1, 0.15) is 10.4 Å². The molecule has 0 aliphatic carbocycles. The van der Waals surface area contributed by atoms with E-state index < -0.39 is 17.4 Å². The molecule has 1 aromatic rings. The van der Waals surface area contributed by atoms with Gasteiger partial charge in [0, 0.05) is 0 Å². The van der Waals surface area contributed by atoms with Crippen molar-refractivity contribution in [2.45, 2.75) is 0 Å². The van der Waals surface area contributed by atoms with Gasteiger partial charge in [0.05, 0.1) is 5.56 Å². The zero-order valence-electron chi connectivity index (χ0n) is 6.31. The highest BCUT2D eigenvalue weighted by molar-refractivity contribution is 5.96. The van der Waals surface area contributed by atoms with Gasteiger partial charge in [-0.05, 0) is 18.2 Å². The Morgan fingerprint density at radius 3 is 2.67 bits per heavy atom. The summed E-state index contributed by atoms with van der Waals surface area (Å²) in [4.78, 5) is 10.9. The Morgan fingerprint density at radius 2 is 2.08 bits per heavy atom. The minimum absolute atomic E-state index is 0.0691. The van der Waals surface area contributed by atoms with E-state index >= 15 is 0 Å². The third-order valence-electron chi connectivity index (χ3n) is 1.46. The summed E-state index contributed by atoms with van der Waals surface area (Å²) in [5.41, 5.74) is 3.06. The number of benzene rings is 1. The summed E-state index contributed by atoms with van der Waals surface area (Å²) in [7, 11) is 0. The van der Waals surface area contributed by atoms with Crippen LogP contribution in [0.5, 0.6) is 0 Å². The van der Waals surface area contributed by atoms with Gasteiger partial charge in [0.15, 0.2) is 0 Å². The highest BCUT2D eigenvalue weighted by Crippen LogP contribution is 2.09. The van der Waals surface area contributed by atoms with Crippen LogP contribution in [0.25, 0.3) is 0 Å². The number of quaternary nitrogens is 1. The van der Waals surface area contributed by atoms with Crippen molar-refractivity contribution < 1.29 is 19.3 Å². The molecule has 0 bridgehead atoms. The number of hydrogen-bond donors (Lipinski definition) is 1. The quantitative estimate of drug-likeness (QED) is 0.644. The Kier molecular flexibility index (Phi) is 2.50. The van der Waals surface area contributed by atoms with Gasteiger partial charge in [0.1, 0.15) is 18.2 Å². The maximum absolute atomic E-state index is 12.8. The molecule has 0 aliphatic rings. The molecule has 1 aromatic carbocycles. The third kappa shape index (κ3) is 1.65. The molecule has 0 aromatic heterocycles. The molecular formula is C8H8F2NO+. The molecule has 12 heavy (non-hydrogen) atoms. The van der Waals surface area contributed by atoms with E-state index in [4.69, 9.17) is 0 Å². The lowest BCUT2D eigenvalue weighted by atomic mass is 10.1. The topological polar surface area (TPSA) is 44.7 Å². The second-order valence-electron chi connectivity index (χ2n) is 2.30. The second-order valence-corrected chi connectivity index (χ2v) is 2.30. The van der Waals surface area contributed by atoms with Crippen molar-refractivity contribution in [1.82, 2.24) is 0 Å².